The molecule has 5 heteroatoms. The maximum atomic E-state index is 12.6. The lowest BCUT2D eigenvalue weighted by Crippen LogP contribution is -2.38. The van der Waals surface area contributed by atoms with E-state index in [1.165, 1.54) is 0 Å². The standard InChI is InChI=1S/C20H23N3O2/c1-3-25-19(24)20(2)15-23(17-12-8-5-9-13-17)14-18(20)22-21-16-10-6-4-7-11-16/h4-13,21H,3,14-15H2,1-2H3/b22-18+. The molecule has 0 radical (unpaired) electrons. The number of ether oxygens (including phenoxy) is 1. The van der Waals surface area contributed by atoms with Gasteiger partial charge in [0.15, 0.2) is 0 Å². The Morgan fingerprint density at radius 3 is 2.44 bits per heavy atom. The Balaban J connectivity index is 1.87. The number of nitrogens with one attached hydrogen (secondary N) is 1. The Labute approximate surface area is 148 Å². The number of esters is 1. The number of hydrazone groups is 1. The molecular formula is C20H23N3O2. The van der Waals surface area contributed by atoms with Gasteiger partial charge in [-0.3, -0.25) is 10.2 Å². The first kappa shape index (κ1) is 17.0. The van der Waals surface area contributed by atoms with E-state index >= 15 is 0 Å². The number of carbonyl (C=O) groups excluding carboxylic acids is 1. The minimum absolute atomic E-state index is 0.234. The van der Waals surface area contributed by atoms with Crippen LogP contribution in [0.5, 0.6) is 0 Å². The zero-order valence-corrected chi connectivity index (χ0v) is 14.6. The monoisotopic (exact) mass is 337 g/mol. The maximum absolute atomic E-state index is 12.6. The van der Waals surface area contributed by atoms with Crippen molar-refractivity contribution in [1.29, 1.82) is 0 Å². The van der Waals surface area contributed by atoms with Gasteiger partial charge >= 0.3 is 5.97 Å². The van der Waals surface area contributed by atoms with Crippen molar-refractivity contribution in [2.24, 2.45) is 10.5 Å². The predicted octanol–water partition coefficient (Wildman–Crippen LogP) is 3.54. The molecule has 1 heterocycles. The molecule has 0 aromatic heterocycles. The van der Waals surface area contributed by atoms with Crippen LogP contribution >= 0.6 is 0 Å². The van der Waals surface area contributed by atoms with Crippen LogP contribution in [0.2, 0.25) is 0 Å². The van der Waals surface area contributed by atoms with Gasteiger partial charge in [-0.2, -0.15) is 5.10 Å². The summed E-state index contributed by atoms with van der Waals surface area (Å²) in [5, 5.41) is 4.55. The second kappa shape index (κ2) is 7.38. The van der Waals surface area contributed by atoms with Crippen molar-refractivity contribution < 1.29 is 9.53 Å². The molecule has 2 aromatic carbocycles. The van der Waals surface area contributed by atoms with Gasteiger partial charge in [0.2, 0.25) is 0 Å². The number of carbonyl (C=O) groups is 1. The molecule has 0 amide bonds. The van der Waals surface area contributed by atoms with Crippen molar-refractivity contribution >= 4 is 23.1 Å². The molecule has 0 saturated carbocycles. The van der Waals surface area contributed by atoms with Gasteiger partial charge in [0.25, 0.3) is 0 Å². The second-order valence-electron chi connectivity index (χ2n) is 6.28. The number of hydrogen-bond donors (Lipinski definition) is 1. The zero-order valence-electron chi connectivity index (χ0n) is 14.6. The van der Waals surface area contributed by atoms with Gasteiger partial charge in [-0.15, -0.1) is 0 Å². The highest BCUT2D eigenvalue weighted by atomic mass is 16.5. The van der Waals surface area contributed by atoms with Crippen LogP contribution in [0.4, 0.5) is 11.4 Å². The Morgan fingerprint density at radius 2 is 1.80 bits per heavy atom. The van der Waals surface area contributed by atoms with E-state index < -0.39 is 5.41 Å². The van der Waals surface area contributed by atoms with Crippen molar-refractivity contribution in [2.75, 3.05) is 30.0 Å². The largest absolute Gasteiger partial charge is 0.465 e. The minimum Gasteiger partial charge on any atom is -0.465 e. The maximum Gasteiger partial charge on any atom is 0.319 e. The molecule has 0 spiro atoms. The fourth-order valence-corrected chi connectivity index (χ4v) is 2.98. The molecule has 1 fully saturated rings. The van der Waals surface area contributed by atoms with Gasteiger partial charge in [-0.05, 0) is 38.1 Å². The lowest BCUT2D eigenvalue weighted by molar-refractivity contribution is -0.149. The van der Waals surface area contributed by atoms with Crippen molar-refractivity contribution in [3.8, 4) is 0 Å². The van der Waals surface area contributed by atoms with Crippen molar-refractivity contribution in [1.82, 2.24) is 0 Å². The molecule has 2 aromatic rings. The van der Waals surface area contributed by atoms with Crippen LogP contribution in [-0.4, -0.2) is 31.4 Å². The van der Waals surface area contributed by atoms with E-state index in [4.69, 9.17) is 4.74 Å². The van der Waals surface area contributed by atoms with Gasteiger partial charge in [-0.1, -0.05) is 36.4 Å². The van der Waals surface area contributed by atoms with Gasteiger partial charge in [0.1, 0.15) is 5.41 Å². The molecule has 1 unspecified atom stereocenters. The smallest absolute Gasteiger partial charge is 0.319 e. The van der Waals surface area contributed by atoms with Gasteiger partial charge < -0.3 is 9.64 Å². The highest BCUT2D eigenvalue weighted by Crippen LogP contribution is 2.33. The molecular weight excluding hydrogens is 314 g/mol. The molecule has 1 aliphatic heterocycles. The molecule has 5 nitrogen and oxygen atoms in total. The average molecular weight is 337 g/mol. The first-order valence-electron chi connectivity index (χ1n) is 8.49. The first-order chi connectivity index (χ1) is 12.1. The Hall–Kier alpha value is -2.82. The molecule has 1 saturated heterocycles. The van der Waals surface area contributed by atoms with E-state index in [1.54, 1.807) is 0 Å². The topological polar surface area (TPSA) is 53.9 Å². The van der Waals surface area contributed by atoms with E-state index in [-0.39, 0.29) is 5.97 Å². The summed E-state index contributed by atoms with van der Waals surface area (Å²) in [6.45, 7) is 5.22. The molecule has 130 valence electrons. The Kier molecular flexibility index (Phi) is 5.03. The zero-order chi connectivity index (χ0) is 17.7. The summed E-state index contributed by atoms with van der Waals surface area (Å²) < 4.78 is 5.32. The normalized spacial score (nSPS) is 21.4. The van der Waals surface area contributed by atoms with E-state index in [1.807, 2.05) is 74.5 Å². The number of hydrogen-bond acceptors (Lipinski definition) is 5. The first-order valence-corrected chi connectivity index (χ1v) is 8.49. The van der Waals surface area contributed by atoms with Crippen LogP contribution in [0.1, 0.15) is 13.8 Å². The fraction of sp³-hybridized carbons (Fsp3) is 0.300. The second-order valence-corrected chi connectivity index (χ2v) is 6.28. The quantitative estimate of drug-likeness (QED) is 0.670. The number of benzene rings is 2. The summed E-state index contributed by atoms with van der Waals surface area (Å²) in [6.07, 6.45) is 0. The van der Waals surface area contributed by atoms with Crippen LogP contribution < -0.4 is 10.3 Å². The summed E-state index contributed by atoms with van der Waals surface area (Å²) in [5.74, 6) is -0.234. The van der Waals surface area contributed by atoms with E-state index in [0.717, 1.165) is 17.1 Å². The summed E-state index contributed by atoms with van der Waals surface area (Å²) in [7, 11) is 0. The highest BCUT2D eigenvalue weighted by Gasteiger charge is 2.47. The molecule has 0 aliphatic carbocycles. The van der Waals surface area contributed by atoms with Crippen molar-refractivity contribution in [3.63, 3.8) is 0 Å². The number of rotatable bonds is 5. The van der Waals surface area contributed by atoms with Crippen LogP contribution in [0.3, 0.4) is 0 Å². The molecule has 3 rings (SSSR count). The van der Waals surface area contributed by atoms with Crippen molar-refractivity contribution in [2.45, 2.75) is 13.8 Å². The van der Waals surface area contributed by atoms with Crippen LogP contribution in [-0.2, 0) is 9.53 Å². The van der Waals surface area contributed by atoms with Crippen molar-refractivity contribution in [3.05, 3.63) is 60.7 Å². The lowest BCUT2D eigenvalue weighted by Gasteiger charge is -2.23. The highest BCUT2D eigenvalue weighted by molar-refractivity contribution is 6.11. The third-order valence-corrected chi connectivity index (χ3v) is 4.43. The summed E-state index contributed by atoms with van der Waals surface area (Å²) in [6, 6.07) is 19.8. The Morgan fingerprint density at radius 1 is 1.16 bits per heavy atom. The number of para-hydroxylation sites is 2. The summed E-state index contributed by atoms with van der Waals surface area (Å²) in [5.41, 5.74) is 5.03. The third-order valence-electron chi connectivity index (χ3n) is 4.43. The predicted molar refractivity (Wildman–Crippen MR) is 101 cm³/mol. The molecule has 1 aliphatic rings. The molecule has 0 bridgehead atoms. The van der Waals surface area contributed by atoms with E-state index in [0.29, 0.717) is 19.7 Å². The number of nitrogens with zero attached hydrogens (tertiary/aromatic N) is 2. The molecule has 1 N–H and O–H groups in total. The number of anilines is 2. The van der Waals surface area contributed by atoms with E-state index in [2.05, 4.69) is 15.4 Å². The van der Waals surface area contributed by atoms with Gasteiger partial charge in [0, 0.05) is 12.2 Å². The minimum atomic E-state index is -0.770. The van der Waals surface area contributed by atoms with Gasteiger partial charge in [-0.25, -0.2) is 0 Å². The lowest BCUT2D eigenvalue weighted by atomic mass is 9.88. The SMILES string of the molecule is CCOC(=O)C1(C)CN(c2ccccc2)C/C1=N\Nc1ccccc1. The Bertz CT molecular complexity index is 746. The molecule has 25 heavy (non-hydrogen) atoms. The van der Waals surface area contributed by atoms with E-state index in [9.17, 15) is 4.79 Å². The summed E-state index contributed by atoms with van der Waals surface area (Å²) in [4.78, 5) is 14.8. The average Bonchev–Trinajstić information content (AvgIpc) is 3.00. The van der Waals surface area contributed by atoms with Crippen LogP contribution in [0.25, 0.3) is 0 Å². The van der Waals surface area contributed by atoms with Crippen LogP contribution in [0.15, 0.2) is 65.8 Å². The summed E-state index contributed by atoms with van der Waals surface area (Å²) >= 11 is 0. The third kappa shape index (κ3) is 3.65. The van der Waals surface area contributed by atoms with Gasteiger partial charge in [0.05, 0.1) is 24.6 Å². The van der Waals surface area contributed by atoms with Crippen LogP contribution in [0, 0.1) is 5.41 Å². The molecule has 1 atom stereocenters. The fourth-order valence-electron chi connectivity index (χ4n) is 2.98.